The molecule has 5 heteroatoms. The highest BCUT2D eigenvalue weighted by Crippen LogP contribution is 2.01. The van der Waals surface area contributed by atoms with E-state index >= 15 is 0 Å². The third-order valence-electron chi connectivity index (χ3n) is 2.40. The van der Waals surface area contributed by atoms with Gasteiger partial charge in [0.25, 0.3) is 0 Å². The van der Waals surface area contributed by atoms with Crippen LogP contribution in [0, 0.1) is 0 Å². The van der Waals surface area contributed by atoms with Gasteiger partial charge in [-0.3, -0.25) is 4.98 Å². The van der Waals surface area contributed by atoms with Gasteiger partial charge in [0.15, 0.2) is 0 Å². The van der Waals surface area contributed by atoms with E-state index < -0.39 is 10.0 Å². The Morgan fingerprint density at radius 1 is 1.38 bits per heavy atom. The van der Waals surface area contributed by atoms with Crippen LogP contribution in [0.2, 0.25) is 0 Å². The lowest BCUT2D eigenvalue weighted by Crippen LogP contribution is -2.34. The normalized spacial score (nSPS) is 13.6. The molecular weight excluding hydrogens is 224 g/mol. The molecule has 0 saturated heterocycles. The van der Waals surface area contributed by atoms with E-state index in [4.69, 9.17) is 0 Å². The molecule has 1 aromatic heterocycles. The Bertz CT molecular complexity index is 403. The molecule has 1 atom stereocenters. The van der Waals surface area contributed by atoms with Gasteiger partial charge >= 0.3 is 0 Å². The van der Waals surface area contributed by atoms with E-state index in [1.165, 1.54) is 0 Å². The van der Waals surface area contributed by atoms with E-state index in [2.05, 4.69) is 9.71 Å². The van der Waals surface area contributed by atoms with Crippen LogP contribution in [0.5, 0.6) is 0 Å². The number of sulfonamides is 1. The first-order valence-corrected chi connectivity index (χ1v) is 7.07. The van der Waals surface area contributed by atoms with Crippen molar-refractivity contribution in [3.8, 4) is 0 Å². The maximum atomic E-state index is 11.6. The van der Waals surface area contributed by atoms with E-state index in [1.54, 1.807) is 12.4 Å². The van der Waals surface area contributed by atoms with Gasteiger partial charge < -0.3 is 0 Å². The third-order valence-corrected chi connectivity index (χ3v) is 3.91. The van der Waals surface area contributed by atoms with E-state index in [-0.39, 0.29) is 11.8 Å². The number of aromatic nitrogens is 1. The molecule has 1 heterocycles. The zero-order valence-corrected chi connectivity index (χ0v) is 10.5. The average Bonchev–Trinajstić information content (AvgIpc) is 2.27. The molecule has 90 valence electrons. The maximum Gasteiger partial charge on any atom is 0.212 e. The topological polar surface area (TPSA) is 59.1 Å². The largest absolute Gasteiger partial charge is 0.265 e. The lowest BCUT2D eigenvalue weighted by molar-refractivity contribution is 0.555. The Hall–Kier alpha value is -0.940. The first kappa shape index (κ1) is 13.1. The van der Waals surface area contributed by atoms with Crippen molar-refractivity contribution in [1.82, 2.24) is 9.71 Å². The van der Waals surface area contributed by atoms with Gasteiger partial charge in [0.05, 0.1) is 5.75 Å². The number of pyridine rings is 1. The fraction of sp³-hybridized carbons (Fsp3) is 0.545. The molecular formula is C11H18N2O2S. The van der Waals surface area contributed by atoms with Gasteiger partial charge in [-0.1, -0.05) is 6.92 Å². The van der Waals surface area contributed by atoms with Crippen molar-refractivity contribution in [2.75, 3.05) is 5.75 Å². The Morgan fingerprint density at radius 3 is 2.56 bits per heavy atom. The minimum Gasteiger partial charge on any atom is -0.265 e. The highest BCUT2D eigenvalue weighted by Gasteiger charge is 2.12. The van der Waals surface area contributed by atoms with E-state index in [9.17, 15) is 8.42 Å². The summed E-state index contributed by atoms with van der Waals surface area (Å²) in [5.41, 5.74) is 0.990. The molecule has 1 N–H and O–H groups in total. The molecule has 0 radical (unpaired) electrons. The lowest BCUT2D eigenvalue weighted by Gasteiger charge is -2.11. The Kier molecular flexibility index (Phi) is 4.89. The summed E-state index contributed by atoms with van der Waals surface area (Å²) in [7, 11) is -3.16. The van der Waals surface area contributed by atoms with Gasteiger partial charge in [-0.2, -0.15) is 0 Å². The first-order chi connectivity index (χ1) is 7.53. The van der Waals surface area contributed by atoms with Gasteiger partial charge in [0.1, 0.15) is 0 Å². The molecule has 0 aliphatic rings. The molecule has 0 bridgehead atoms. The summed E-state index contributed by atoms with van der Waals surface area (Å²) in [6.07, 6.45) is 4.66. The third kappa shape index (κ3) is 4.72. The molecule has 0 spiro atoms. The molecule has 0 aromatic carbocycles. The summed E-state index contributed by atoms with van der Waals surface area (Å²) in [5.74, 6) is 0.126. The molecule has 1 rings (SSSR count). The molecule has 16 heavy (non-hydrogen) atoms. The van der Waals surface area contributed by atoms with Crippen molar-refractivity contribution < 1.29 is 8.42 Å². The number of hydrogen-bond acceptors (Lipinski definition) is 3. The van der Waals surface area contributed by atoms with Crippen LogP contribution in [0.4, 0.5) is 0 Å². The standard InChI is InChI=1S/C11H18N2O2S/c1-3-10(2)13-16(14,15)9-6-11-4-7-12-8-5-11/h4-5,7-8,10,13H,3,6,9H2,1-2H3. The van der Waals surface area contributed by atoms with Crippen LogP contribution >= 0.6 is 0 Å². The Labute approximate surface area is 97.2 Å². The van der Waals surface area contributed by atoms with Crippen LogP contribution in [0.3, 0.4) is 0 Å². The van der Waals surface area contributed by atoms with Crippen molar-refractivity contribution in [2.45, 2.75) is 32.7 Å². The minimum atomic E-state index is -3.16. The van der Waals surface area contributed by atoms with Crippen molar-refractivity contribution in [3.63, 3.8) is 0 Å². The zero-order chi connectivity index (χ0) is 12.0. The Balaban J connectivity index is 2.49. The summed E-state index contributed by atoms with van der Waals surface area (Å²) in [6.45, 7) is 3.82. The quantitative estimate of drug-likeness (QED) is 0.819. The number of hydrogen-bond donors (Lipinski definition) is 1. The second kappa shape index (κ2) is 5.96. The van der Waals surface area contributed by atoms with Crippen LogP contribution in [0.25, 0.3) is 0 Å². The van der Waals surface area contributed by atoms with Crippen molar-refractivity contribution in [2.24, 2.45) is 0 Å². The monoisotopic (exact) mass is 242 g/mol. The van der Waals surface area contributed by atoms with Gasteiger partial charge in [0.2, 0.25) is 10.0 Å². The molecule has 0 aliphatic carbocycles. The number of nitrogens with zero attached hydrogens (tertiary/aromatic N) is 1. The van der Waals surface area contributed by atoms with Crippen molar-refractivity contribution >= 4 is 10.0 Å². The second-order valence-corrected chi connectivity index (χ2v) is 5.72. The van der Waals surface area contributed by atoms with E-state index in [0.717, 1.165) is 12.0 Å². The number of aryl methyl sites for hydroxylation is 1. The van der Waals surface area contributed by atoms with Crippen LogP contribution in [-0.2, 0) is 16.4 Å². The predicted molar refractivity (Wildman–Crippen MR) is 64.6 cm³/mol. The van der Waals surface area contributed by atoms with Gasteiger partial charge in [-0.15, -0.1) is 0 Å². The van der Waals surface area contributed by atoms with Crippen molar-refractivity contribution in [3.05, 3.63) is 30.1 Å². The van der Waals surface area contributed by atoms with E-state index in [0.29, 0.717) is 6.42 Å². The molecule has 4 nitrogen and oxygen atoms in total. The Morgan fingerprint density at radius 2 is 2.00 bits per heavy atom. The number of rotatable bonds is 6. The van der Waals surface area contributed by atoms with Gasteiger partial charge in [-0.25, -0.2) is 13.1 Å². The van der Waals surface area contributed by atoms with Gasteiger partial charge in [-0.05, 0) is 37.5 Å². The molecule has 1 aromatic rings. The molecule has 0 fully saturated rings. The number of nitrogens with one attached hydrogen (secondary N) is 1. The molecule has 0 amide bonds. The minimum absolute atomic E-state index is 0.00226. The van der Waals surface area contributed by atoms with Crippen LogP contribution in [-0.4, -0.2) is 25.2 Å². The summed E-state index contributed by atoms with van der Waals surface area (Å²) < 4.78 is 25.9. The zero-order valence-electron chi connectivity index (χ0n) is 9.68. The fourth-order valence-electron chi connectivity index (χ4n) is 1.25. The summed E-state index contributed by atoms with van der Waals surface area (Å²) in [5, 5.41) is 0. The summed E-state index contributed by atoms with van der Waals surface area (Å²) in [4.78, 5) is 3.89. The van der Waals surface area contributed by atoms with Crippen LogP contribution < -0.4 is 4.72 Å². The first-order valence-electron chi connectivity index (χ1n) is 5.42. The summed E-state index contributed by atoms with van der Waals surface area (Å²) in [6, 6.07) is 3.67. The summed E-state index contributed by atoms with van der Waals surface area (Å²) >= 11 is 0. The lowest BCUT2D eigenvalue weighted by atomic mass is 10.2. The SMILES string of the molecule is CCC(C)NS(=O)(=O)CCc1ccncc1. The molecule has 0 aliphatic heterocycles. The second-order valence-electron chi connectivity index (χ2n) is 3.85. The van der Waals surface area contributed by atoms with Gasteiger partial charge in [0, 0.05) is 18.4 Å². The van der Waals surface area contributed by atoms with Crippen LogP contribution in [0.15, 0.2) is 24.5 Å². The highest BCUT2D eigenvalue weighted by atomic mass is 32.2. The fourth-order valence-corrected chi connectivity index (χ4v) is 2.65. The highest BCUT2D eigenvalue weighted by molar-refractivity contribution is 7.89. The average molecular weight is 242 g/mol. The predicted octanol–water partition coefficient (Wildman–Crippen LogP) is 1.34. The molecule has 0 saturated carbocycles. The molecule has 1 unspecified atom stereocenters. The smallest absolute Gasteiger partial charge is 0.212 e. The van der Waals surface area contributed by atoms with Crippen molar-refractivity contribution in [1.29, 1.82) is 0 Å². The maximum absolute atomic E-state index is 11.6. The van der Waals surface area contributed by atoms with E-state index in [1.807, 2.05) is 26.0 Å². The van der Waals surface area contributed by atoms with Crippen LogP contribution in [0.1, 0.15) is 25.8 Å².